The van der Waals surface area contributed by atoms with Crippen LogP contribution in [0.25, 0.3) is 0 Å². The van der Waals surface area contributed by atoms with Crippen LogP contribution in [0.5, 0.6) is 5.75 Å². The van der Waals surface area contributed by atoms with E-state index in [0.717, 1.165) is 12.2 Å². The Morgan fingerprint density at radius 2 is 2.32 bits per heavy atom. The quantitative estimate of drug-likeness (QED) is 0.861. The number of nitrogens with one attached hydrogen (secondary N) is 2. The zero-order valence-electron chi connectivity index (χ0n) is 11.0. The Morgan fingerprint density at radius 1 is 1.47 bits per heavy atom. The van der Waals surface area contributed by atoms with Crippen molar-refractivity contribution in [2.45, 2.75) is 6.92 Å². The number of anilines is 1. The molecule has 2 heterocycles. The molecule has 19 heavy (non-hydrogen) atoms. The number of ether oxygens (including phenoxy) is 2. The van der Waals surface area contributed by atoms with Gasteiger partial charge in [0.2, 0.25) is 0 Å². The first kappa shape index (κ1) is 12.3. The van der Waals surface area contributed by atoms with Crippen LogP contribution in [0.1, 0.15) is 17.3 Å². The summed E-state index contributed by atoms with van der Waals surface area (Å²) in [7, 11) is 0. The van der Waals surface area contributed by atoms with Gasteiger partial charge in [-0.3, -0.25) is 4.79 Å². The molecule has 0 unspecified atom stereocenters. The second kappa shape index (κ2) is 4.74. The lowest BCUT2D eigenvalue weighted by Gasteiger charge is -2.38. The monoisotopic (exact) mass is 262 g/mol. The molecule has 0 aromatic heterocycles. The molecule has 1 saturated heterocycles. The van der Waals surface area contributed by atoms with Crippen LogP contribution in [0.15, 0.2) is 18.2 Å². The summed E-state index contributed by atoms with van der Waals surface area (Å²) >= 11 is 0. The molecule has 0 aliphatic carbocycles. The fourth-order valence-electron chi connectivity index (χ4n) is 2.29. The average molecular weight is 262 g/mol. The van der Waals surface area contributed by atoms with Gasteiger partial charge in [0, 0.05) is 18.5 Å². The van der Waals surface area contributed by atoms with Crippen molar-refractivity contribution < 1.29 is 14.3 Å². The highest BCUT2D eigenvalue weighted by molar-refractivity contribution is 5.99. The largest absolute Gasteiger partial charge is 0.489 e. The third kappa shape index (κ3) is 2.38. The van der Waals surface area contributed by atoms with Gasteiger partial charge in [0.05, 0.1) is 24.5 Å². The van der Waals surface area contributed by atoms with E-state index in [1.54, 1.807) is 6.07 Å². The molecule has 0 bridgehead atoms. The zero-order chi connectivity index (χ0) is 13.3. The molecule has 0 spiro atoms. The van der Waals surface area contributed by atoms with Gasteiger partial charge in [-0.1, -0.05) is 13.0 Å². The minimum atomic E-state index is -0.0892. The molecular formula is C14H18N2O3. The van der Waals surface area contributed by atoms with Gasteiger partial charge in [-0.2, -0.15) is 0 Å². The van der Waals surface area contributed by atoms with Crippen LogP contribution in [0.2, 0.25) is 0 Å². The van der Waals surface area contributed by atoms with Gasteiger partial charge < -0.3 is 20.1 Å². The summed E-state index contributed by atoms with van der Waals surface area (Å²) in [5, 5.41) is 6.19. The summed E-state index contributed by atoms with van der Waals surface area (Å²) in [5.74, 6) is 0.565. The van der Waals surface area contributed by atoms with Crippen molar-refractivity contribution in [1.29, 1.82) is 0 Å². The molecule has 1 fully saturated rings. The third-order valence-corrected chi connectivity index (χ3v) is 3.50. The number of amides is 1. The molecule has 2 N–H and O–H groups in total. The predicted octanol–water partition coefficient (Wildman–Crippen LogP) is 1.26. The Labute approximate surface area is 112 Å². The fourth-order valence-corrected chi connectivity index (χ4v) is 2.29. The molecule has 5 nitrogen and oxygen atoms in total. The molecule has 1 aromatic rings. The van der Waals surface area contributed by atoms with E-state index in [1.165, 1.54) is 0 Å². The SMILES string of the molecule is CC1(CNC(=O)c2cccc3c2OCCN3)COC1. The van der Waals surface area contributed by atoms with Gasteiger partial charge in [0.15, 0.2) is 5.75 Å². The van der Waals surface area contributed by atoms with Gasteiger partial charge in [-0.15, -0.1) is 0 Å². The molecule has 2 aliphatic heterocycles. The predicted molar refractivity (Wildman–Crippen MR) is 71.7 cm³/mol. The second-order valence-corrected chi connectivity index (χ2v) is 5.44. The molecule has 5 heteroatoms. The molecule has 102 valence electrons. The van der Waals surface area contributed by atoms with Gasteiger partial charge in [0.1, 0.15) is 6.61 Å². The second-order valence-electron chi connectivity index (χ2n) is 5.44. The summed E-state index contributed by atoms with van der Waals surface area (Å²) in [6.07, 6.45) is 0. The van der Waals surface area contributed by atoms with E-state index >= 15 is 0 Å². The molecule has 2 aliphatic rings. The Hall–Kier alpha value is -1.75. The lowest BCUT2D eigenvalue weighted by Crippen LogP contribution is -2.48. The number of fused-ring (bicyclic) bond motifs is 1. The maximum absolute atomic E-state index is 12.2. The van der Waals surface area contributed by atoms with Crippen molar-refractivity contribution in [1.82, 2.24) is 5.32 Å². The number of hydrogen-bond donors (Lipinski definition) is 2. The van der Waals surface area contributed by atoms with Crippen molar-refractivity contribution >= 4 is 11.6 Å². The van der Waals surface area contributed by atoms with E-state index in [4.69, 9.17) is 9.47 Å². The summed E-state index contributed by atoms with van der Waals surface area (Å²) in [6, 6.07) is 5.58. The highest BCUT2D eigenvalue weighted by Gasteiger charge is 2.34. The van der Waals surface area contributed by atoms with Crippen molar-refractivity contribution in [2.24, 2.45) is 5.41 Å². The van der Waals surface area contributed by atoms with Crippen LogP contribution in [0.3, 0.4) is 0 Å². The topological polar surface area (TPSA) is 59.6 Å². The Balaban J connectivity index is 1.72. The summed E-state index contributed by atoms with van der Waals surface area (Å²) < 4.78 is 10.8. The molecule has 0 saturated carbocycles. The number of rotatable bonds is 3. The normalized spacial score (nSPS) is 19.4. The van der Waals surface area contributed by atoms with Gasteiger partial charge >= 0.3 is 0 Å². The van der Waals surface area contributed by atoms with E-state index < -0.39 is 0 Å². The van der Waals surface area contributed by atoms with Crippen molar-refractivity contribution in [3.8, 4) is 5.75 Å². The Kier molecular flexibility index (Phi) is 3.06. The minimum Gasteiger partial charge on any atom is -0.489 e. The van der Waals surface area contributed by atoms with Gasteiger partial charge in [0.25, 0.3) is 5.91 Å². The maximum Gasteiger partial charge on any atom is 0.255 e. The van der Waals surface area contributed by atoms with E-state index in [0.29, 0.717) is 37.7 Å². The first-order valence-corrected chi connectivity index (χ1v) is 6.54. The first-order valence-electron chi connectivity index (χ1n) is 6.54. The zero-order valence-corrected chi connectivity index (χ0v) is 11.0. The van der Waals surface area contributed by atoms with E-state index in [2.05, 4.69) is 17.6 Å². The van der Waals surface area contributed by atoms with Crippen LogP contribution in [-0.2, 0) is 4.74 Å². The van der Waals surface area contributed by atoms with Crippen LogP contribution in [0, 0.1) is 5.41 Å². The van der Waals surface area contributed by atoms with Crippen molar-refractivity contribution in [2.75, 3.05) is 38.2 Å². The van der Waals surface area contributed by atoms with E-state index in [1.807, 2.05) is 12.1 Å². The highest BCUT2D eigenvalue weighted by atomic mass is 16.5. The smallest absolute Gasteiger partial charge is 0.255 e. The Bertz CT molecular complexity index is 497. The molecule has 1 amide bonds. The van der Waals surface area contributed by atoms with Crippen LogP contribution >= 0.6 is 0 Å². The van der Waals surface area contributed by atoms with Gasteiger partial charge in [-0.25, -0.2) is 0 Å². The van der Waals surface area contributed by atoms with Crippen molar-refractivity contribution in [3.63, 3.8) is 0 Å². The molecule has 3 rings (SSSR count). The first-order chi connectivity index (χ1) is 9.18. The Morgan fingerprint density at radius 3 is 3.05 bits per heavy atom. The molecule has 0 radical (unpaired) electrons. The lowest BCUT2D eigenvalue weighted by atomic mass is 9.88. The number of carbonyl (C=O) groups excluding carboxylic acids is 1. The number of hydrogen-bond acceptors (Lipinski definition) is 4. The molecule has 0 atom stereocenters. The number of carbonyl (C=O) groups is 1. The third-order valence-electron chi connectivity index (χ3n) is 3.50. The van der Waals surface area contributed by atoms with Crippen molar-refractivity contribution in [3.05, 3.63) is 23.8 Å². The molecule has 1 aromatic carbocycles. The lowest BCUT2D eigenvalue weighted by molar-refractivity contribution is -0.0978. The minimum absolute atomic E-state index is 0.0730. The molecular weight excluding hydrogens is 244 g/mol. The summed E-state index contributed by atoms with van der Waals surface area (Å²) in [6.45, 7) is 5.50. The average Bonchev–Trinajstić information content (AvgIpc) is 2.42. The van der Waals surface area contributed by atoms with Crippen LogP contribution in [0.4, 0.5) is 5.69 Å². The summed E-state index contributed by atoms with van der Waals surface area (Å²) in [5.41, 5.74) is 1.55. The van der Waals surface area contributed by atoms with Crippen LogP contribution in [-0.4, -0.2) is 38.8 Å². The maximum atomic E-state index is 12.2. The van der Waals surface area contributed by atoms with E-state index in [9.17, 15) is 4.79 Å². The number of benzene rings is 1. The highest BCUT2D eigenvalue weighted by Crippen LogP contribution is 2.31. The van der Waals surface area contributed by atoms with Crippen LogP contribution < -0.4 is 15.4 Å². The standard InChI is InChI=1S/C14H18N2O3/c1-14(8-18-9-14)7-16-13(17)10-3-2-4-11-12(10)19-6-5-15-11/h2-4,15H,5-9H2,1H3,(H,16,17). The fraction of sp³-hybridized carbons (Fsp3) is 0.500. The van der Waals surface area contributed by atoms with E-state index in [-0.39, 0.29) is 11.3 Å². The number of para-hydroxylation sites is 1. The van der Waals surface area contributed by atoms with Gasteiger partial charge in [-0.05, 0) is 12.1 Å². The summed E-state index contributed by atoms with van der Waals surface area (Å²) in [4.78, 5) is 12.2.